The number of H-pyrrole nitrogens is 1. The Morgan fingerprint density at radius 2 is 1.94 bits per heavy atom. The summed E-state index contributed by atoms with van der Waals surface area (Å²) in [6, 6.07) is 13.2. The number of halogens is 2. The lowest BCUT2D eigenvalue weighted by Gasteiger charge is -2.10. The average Bonchev–Trinajstić information content (AvgIpc) is 3.39. The van der Waals surface area contributed by atoms with Crippen LogP contribution in [0.2, 0.25) is 5.02 Å². The molecule has 0 bridgehead atoms. The topological polar surface area (TPSA) is 100 Å². The van der Waals surface area contributed by atoms with Crippen molar-refractivity contribution < 1.29 is 14.2 Å². The van der Waals surface area contributed by atoms with E-state index < -0.39 is 17.4 Å². The highest BCUT2D eigenvalue weighted by atomic mass is 35.5. The SMILES string of the molecule is Cc1cc(C)n(CCc2nn3c(=O)n(CC(=O)Nc4ccc(Cl)cc4F)c4ccccc4c3[nH+]2)n1. The molecule has 5 rings (SSSR count). The smallest absolute Gasteiger partial charge is 0.322 e. The van der Waals surface area contributed by atoms with Gasteiger partial charge in [-0.25, -0.2) is 14.2 Å². The number of aromatic nitrogens is 6. The second kappa shape index (κ2) is 8.95. The molecule has 2 aromatic carbocycles. The van der Waals surface area contributed by atoms with Gasteiger partial charge in [-0.3, -0.25) is 14.0 Å². The van der Waals surface area contributed by atoms with Gasteiger partial charge in [0.25, 0.3) is 11.5 Å². The molecular formula is C24H22ClFN7O2+. The van der Waals surface area contributed by atoms with Crippen LogP contribution in [-0.4, -0.2) is 29.9 Å². The van der Waals surface area contributed by atoms with Gasteiger partial charge >= 0.3 is 5.69 Å². The molecule has 0 aliphatic carbocycles. The Kier molecular flexibility index (Phi) is 5.81. The van der Waals surface area contributed by atoms with Crippen molar-refractivity contribution in [1.82, 2.24) is 24.0 Å². The van der Waals surface area contributed by atoms with E-state index >= 15 is 0 Å². The molecule has 1 amide bonds. The van der Waals surface area contributed by atoms with Gasteiger partial charge in [-0.05, 0) is 54.8 Å². The van der Waals surface area contributed by atoms with Crippen LogP contribution in [0.5, 0.6) is 0 Å². The van der Waals surface area contributed by atoms with Crippen LogP contribution in [0.25, 0.3) is 16.6 Å². The van der Waals surface area contributed by atoms with Gasteiger partial charge in [0.15, 0.2) is 0 Å². The third-order valence-electron chi connectivity index (χ3n) is 5.73. The first-order valence-electron chi connectivity index (χ1n) is 11.0. The highest BCUT2D eigenvalue weighted by Gasteiger charge is 2.23. The summed E-state index contributed by atoms with van der Waals surface area (Å²) in [6.45, 7) is 4.20. The molecule has 3 aromatic heterocycles. The normalized spacial score (nSPS) is 11.4. The molecule has 0 radical (unpaired) electrons. The van der Waals surface area contributed by atoms with Gasteiger partial charge in [-0.1, -0.05) is 23.7 Å². The molecule has 11 heteroatoms. The summed E-state index contributed by atoms with van der Waals surface area (Å²) < 4.78 is 18.6. The maximum Gasteiger partial charge on any atom is 0.424 e. The molecule has 0 fully saturated rings. The summed E-state index contributed by atoms with van der Waals surface area (Å²) in [5.41, 5.74) is 2.57. The third-order valence-corrected chi connectivity index (χ3v) is 5.96. The number of carbonyl (C=O) groups excluding carboxylic acids is 1. The van der Waals surface area contributed by atoms with E-state index in [9.17, 15) is 14.0 Å². The molecular weight excluding hydrogens is 473 g/mol. The summed E-state index contributed by atoms with van der Waals surface area (Å²) in [7, 11) is 0. The summed E-state index contributed by atoms with van der Waals surface area (Å²) in [5.74, 6) is -0.601. The number of rotatable bonds is 6. The molecule has 5 aromatic rings. The molecule has 0 saturated carbocycles. The van der Waals surface area contributed by atoms with Crippen molar-refractivity contribution in [2.75, 3.05) is 5.32 Å². The number of nitrogens with one attached hydrogen (secondary N) is 2. The lowest BCUT2D eigenvalue weighted by molar-refractivity contribution is -0.358. The van der Waals surface area contributed by atoms with Crippen molar-refractivity contribution in [2.24, 2.45) is 0 Å². The second-order valence-corrected chi connectivity index (χ2v) is 8.73. The molecule has 0 saturated heterocycles. The Hall–Kier alpha value is -4.05. The Bertz CT molecular complexity index is 1650. The van der Waals surface area contributed by atoms with Crippen molar-refractivity contribution in [3.8, 4) is 0 Å². The van der Waals surface area contributed by atoms with Gasteiger partial charge in [-0.15, -0.1) is 0 Å². The van der Waals surface area contributed by atoms with Crippen molar-refractivity contribution in [1.29, 1.82) is 0 Å². The van der Waals surface area contributed by atoms with Crippen LogP contribution in [0.1, 0.15) is 17.2 Å². The Morgan fingerprint density at radius 3 is 2.69 bits per heavy atom. The molecule has 178 valence electrons. The molecule has 35 heavy (non-hydrogen) atoms. The van der Waals surface area contributed by atoms with E-state index in [1.807, 2.05) is 36.7 Å². The number of benzene rings is 2. The van der Waals surface area contributed by atoms with E-state index in [0.29, 0.717) is 30.0 Å². The van der Waals surface area contributed by atoms with E-state index in [2.05, 4.69) is 20.5 Å². The van der Waals surface area contributed by atoms with Crippen LogP contribution in [0, 0.1) is 19.7 Å². The van der Waals surface area contributed by atoms with E-state index in [-0.39, 0.29) is 17.3 Å². The summed E-state index contributed by atoms with van der Waals surface area (Å²) >= 11 is 5.78. The zero-order valence-corrected chi connectivity index (χ0v) is 19.8. The van der Waals surface area contributed by atoms with Crippen LogP contribution in [-0.2, 0) is 24.3 Å². The van der Waals surface area contributed by atoms with Gasteiger partial charge in [0, 0.05) is 10.7 Å². The standard InChI is InChI=1S/C24H21ClFN7O2/c1-14-11-15(2)32(29-14)10-9-21-28-23-17-5-3-4-6-20(17)31(24(35)33(23)30-21)13-22(34)27-19-8-7-16(25)12-18(19)26/h3-8,11-12H,9-10,13H2,1-2H3,(H,27,34)/p+1. The van der Waals surface area contributed by atoms with Gasteiger partial charge in [0.2, 0.25) is 5.91 Å². The molecule has 9 nitrogen and oxygen atoms in total. The Morgan fingerprint density at radius 1 is 1.14 bits per heavy atom. The van der Waals surface area contributed by atoms with Crippen molar-refractivity contribution >= 4 is 39.7 Å². The molecule has 0 atom stereocenters. The number of anilines is 1. The third kappa shape index (κ3) is 4.40. The first-order valence-corrected chi connectivity index (χ1v) is 11.4. The number of fused-ring (bicyclic) bond motifs is 3. The largest absolute Gasteiger partial charge is 0.424 e. The minimum Gasteiger partial charge on any atom is -0.322 e. The molecule has 2 N–H and O–H groups in total. The van der Waals surface area contributed by atoms with Crippen LogP contribution in [0.15, 0.2) is 53.3 Å². The molecule has 0 aliphatic heterocycles. The minimum absolute atomic E-state index is 0.0170. The lowest BCUT2D eigenvalue weighted by Crippen LogP contribution is -2.33. The van der Waals surface area contributed by atoms with Crippen LogP contribution >= 0.6 is 11.6 Å². The molecule has 0 aliphatic rings. The molecule has 3 heterocycles. The lowest BCUT2D eigenvalue weighted by atomic mass is 10.2. The predicted molar refractivity (Wildman–Crippen MR) is 129 cm³/mol. The number of para-hydroxylation sites is 1. The van der Waals surface area contributed by atoms with Crippen molar-refractivity contribution in [2.45, 2.75) is 33.4 Å². The van der Waals surface area contributed by atoms with E-state index in [1.54, 1.807) is 12.1 Å². The van der Waals surface area contributed by atoms with Crippen LogP contribution in [0.3, 0.4) is 0 Å². The fourth-order valence-electron chi connectivity index (χ4n) is 4.13. The number of aryl methyl sites for hydroxylation is 4. The summed E-state index contributed by atoms with van der Waals surface area (Å²) in [4.78, 5) is 29.3. The maximum absolute atomic E-state index is 14.1. The second-order valence-electron chi connectivity index (χ2n) is 8.29. The van der Waals surface area contributed by atoms with Crippen LogP contribution in [0.4, 0.5) is 10.1 Å². The van der Waals surface area contributed by atoms with Crippen molar-refractivity contribution in [3.63, 3.8) is 0 Å². The highest BCUT2D eigenvalue weighted by Crippen LogP contribution is 2.19. The fourth-order valence-corrected chi connectivity index (χ4v) is 4.29. The van der Waals surface area contributed by atoms with Gasteiger partial charge in [0.1, 0.15) is 12.4 Å². The first-order chi connectivity index (χ1) is 16.8. The van der Waals surface area contributed by atoms with E-state index in [0.717, 1.165) is 22.8 Å². The van der Waals surface area contributed by atoms with E-state index in [4.69, 9.17) is 11.6 Å². The Labute approximate surface area is 203 Å². The zero-order valence-electron chi connectivity index (χ0n) is 19.0. The quantitative estimate of drug-likeness (QED) is 0.392. The molecule has 0 unspecified atom stereocenters. The first kappa shape index (κ1) is 22.7. The predicted octanol–water partition coefficient (Wildman–Crippen LogP) is 2.95. The monoisotopic (exact) mass is 494 g/mol. The Balaban J connectivity index is 1.49. The summed E-state index contributed by atoms with van der Waals surface area (Å²) in [5, 5.41) is 12.4. The number of hydrogen-bond donors (Lipinski definition) is 1. The average molecular weight is 495 g/mol. The van der Waals surface area contributed by atoms with Gasteiger partial charge in [-0.2, -0.15) is 5.10 Å². The number of amides is 1. The van der Waals surface area contributed by atoms with Crippen LogP contribution < -0.4 is 16.0 Å². The van der Waals surface area contributed by atoms with Gasteiger partial charge < -0.3 is 5.32 Å². The number of aromatic amines is 1. The summed E-state index contributed by atoms with van der Waals surface area (Å²) in [6.07, 6.45) is 0.535. The fraction of sp³-hybridized carbons (Fsp3) is 0.208. The number of hydrogen-bond acceptors (Lipinski definition) is 4. The number of nitrogens with zero attached hydrogens (tertiary/aromatic N) is 5. The minimum atomic E-state index is -0.660. The maximum atomic E-state index is 14.1. The zero-order chi connectivity index (χ0) is 24.7. The molecule has 0 spiro atoms. The van der Waals surface area contributed by atoms with Gasteiger partial charge in [0.05, 0.1) is 40.3 Å². The van der Waals surface area contributed by atoms with Crippen molar-refractivity contribution in [3.05, 3.63) is 87.1 Å². The highest BCUT2D eigenvalue weighted by molar-refractivity contribution is 6.30. The number of carbonyl (C=O) groups is 1. The van der Waals surface area contributed by atoms with E-state index in [1.165, 1.54) is 21.2 Å².